The van der Waals surface area contributed by atoms with Gasteiger partial charge in [-0.3, -0.25) is 0 Å². The molecule has 0 bridgehead atoms. The Balaban J connectivity index is 2.76. The number of ether oxygens (including phenoxy) is 1. The van der Waals surface area contributed by atoms with E-state index in [1.54, 1.807) is 13.2 Å². The second-order valence-corrected chi connectivity index (χ2v) is 4.56. The zero-order chi connectivity index (χ0) is 12.1. The monoisotopic (exact) mass is 289 g/mol. The summed E-state index contributed by atoms with van der Waals surface area (Å²) in [5, 5.41) is 0. The molecule has 16 heavy (non-hydrogen) atoms. The highest BCUT2D eigenvalue weighted by molar-refractivity contribution is 9.10. The van der Waals surface area contributed by atoms with E-state index in [1.165, 1.54) is 6.07 Å². The molecule has 2 nitrogen and oxygen atoms in total. The Kier molecular flexibility index (Phi) is 5.38. The first-order valence-corrected chi connectivity index (χ1v) is 6.10. The number of halogens is 2. The minimum absolute atomic E-state index is 0.00941. The topological polar surface area (TPSA) is 35.2 Å². The summed E-state index contributed by atoms with van der Waals surface area (Å²) >= 11 is 3.23. The smallest absolute Gasteiger partial charge is 0.137 e. The maximum Gasteiger partial charge on any atom is 0.137 e. The molecule has 1 aromatic carbocycles. The predicted molar refractivity (Wildman–Crippen MR) is 66.9 cm³/mol. The normalized spacial score (nSPS) is 14.8. The van der Waals surface area contributed by atoms with Gasteiger partial charge in [0.25, 0.3) is 0 Å². The first kappa shape index (κ1) is 13.6. The Labute approximate surface area is 104 Å². The lowest BCUT2D eigenvalue weighted by Gasteiger charge is -2.21. The van der Waals surface area contributed by atoms with E-state index in [9.17, 15) is 4.39 Å². The summed E-state index contributed by atoms with van der Waals surface area (Å²) in [6.45, 7) is 2.02. The second kappa shape index (κ2) is 6.33. The van der Waals surface area contributed by atoms with E-state index in [2.05, 4.69) is 15.9 Å². The van der Waals surface area contributed by atoms with Crippen molar-refractivity contribution < 1.29 is 9.13 Å². The van der Waals surface area contributed by atoms with Crippen LogP contribution in [0.15, 0.2) is 22.7 Å². The largest absolute Gasteiger partial charge is 0.380 e. The standard InChI is InChI=1S/C12H17BrFNO/c1-3-11(16-2)10(15)7-8-5-4-6-9(14)12(8)13/h4-6,10-11H,3,7,15H2,1-2H3. The van der Waals surface area contributed by atoms with Crippen molar-refractivity contribution >= 4 is 15.9 Å². The summed E-state index contributed by atoms with van der Waals surface area (Å²) in [5.41, 5.74) is 6.90. The van der Waals surface area contributed by atoms with Crippen molar-refractivity contribution in [2.45, 2.75) is 31.9 Å². The third-order valence-corrected chi connectivity index (χ3v) is 3.56. The average molecular weight is 290 g/mol. The van der Waals surface area contributed by atoms with Gasteiger partial charge in [0, 0.05) is 13.2 Å². The average Bonchev–Trinajstić information content (AvgIpc) is 2.26. The van der Waals surface area contributed by atoms with Gasteiger partial charge in [-0.2, -0.15) is 0 Å². The molecule has 90 valence electrons. The van der Waals surface area contributed by atoms with Gasteiger partial charge in [0.2, 0.25) is 0 Å². The van der Waals surface area contributed by atoms with Crippen LogP contribution in [0, 0.1) is 5.82 Å². The van der Waals surface area contributed by atoms with Crippen LogP contribution in [-0.2, 0) is 11.2 Å². The van der Waals surface area contributed by atoms with Crippen molar-refractivity contribution in [3.8, 4) is 0 Å². The SMILES string of the molecule is CCC(OC)C(N)Cc1cccc(F)c1Br. The first-order chi connectivity index (χ1) is 7.60. The Morgan fingerprint density at radius 2 is 2.19 bits per heavy atom. The molecule has 2 N–H and O–H groups in total. The van der Waals surface area contributed by atoms with Gasteiger partial charge in [0.1, 0.15) is 5.82 Å². The third kappa shape index (κ3) is 3.27. The molecule has 1 aromatic rings. The van der Waals surface area contributed by atoms with Gasteiger partial charge in [-0.25, -0.2) is 4.39 Å². The number of hydrogen-bond acceptors (Lipinski definition) is 2. The van der Waals surface area contributed by atoms with E-state index in [0.717, 1.165) is 12.0 Å². The van der Waals surface area contributed by atoms with Crippen LogP contribution in [-0.4, -0.2) is 19.3 Å². The van der Waals surface area contributed by atoms with Crippen LogP contribution >= 0.6 is 15.9 Å². The minimum Gasteiger partial charge on any atom is -0.380 e. The summed E-state index contributed by atoms with van der Waals surface area (Å²) < 4.78 is 19.0. The highest BCUT2D eigenvalue weighted by atomic mass is 79.9. The van der Waals surface area contributed by atoms with Crippen LogP contribution < -0.4 is 5.73 Å². The molecule has 0 saturated heterocycles. The van der Waals surface area contributed by atoms with Gasteiger partial charge in [0.15, 0.2) is 0 Å². The van der Waals surface area contributed by atoms with Crippen molar-refractivity contribution in [2.24, 2.45) is 5.73 Å². The number of hydrogen-bond donors (Lipinski definition) is 1. The molecular formula is C12H17BrFNO. The van der Waals surface area contributed by atoms with Gasteiger partial charge in [-0.15, -0.1) is 0 Å². The molecule has 0 amide bonds. The van der Waals surface area contributed by atoms with Crippen molar-refractivity contribution in [3.05, 3.63) is 34.1 Å². The van der Waals surface area contributed by atoms with Gasteiger partial charge < -0.3 is 10.5 Å². The molecule has 0 spiro atoms. The van der Waals surface area contributed by atoms with Crippen LogP contribution in [0.25, 0.3) is 0 Å². The lowest BCUT2D eigenvalue weighted by Crippen LogP contribution is -2.37. The summed E-state index contributed by atoms with van der Waals surface area (Å²) in [4.78, 5) is 0. The molecule has 0 fully saturated rings. The van der Waals surface area contributed by atoms with E-state index in [-0.39, 0.29) is 18.0 Å². The van der Waals surface area contributed by atoms with E-state index >= 15 is 0 Å². The fourth-order valence-electron chi connectivity index (χ4n) is 1.74. The highest BCUT2D eigenvalue weighted by Gasteiger charge is 2.17. The lowest BCUT2D eigenvalue weighted by molar-refractivity contribution is 0.0772. The van der Waals surface area contributed by atoms with E-state index < -0.39 is 0 Å². The van der Waals surface area contributed by atoms with Crippen LogP contribution in [0.3, 0.4) is 0 Å². The Bertz CT molecular complexity index is 342. The second-order valence-electron chi connectivity index (χ2n) is 3.76. The predicted octanol–water partition coefficient (Wildman–Crippen LogP) is 2.88. The molecule has 0 aromatic heterocycles. The van der Waals surface area contributed by atoms with Crippen molar-refractivity contribution in [3.63, 3.8) is 0 Å². The summed E-state index contributed by atoms with van der Waals surface area (Å²) in [6.07, 6.45) is 1.46. The van der Waals surface area contributed by atoms with Gasteiger partial charge >= 0.3 is 0 Å². The van der Waals surface area contributed by atoms with E-state index in [0.29, 0.717) is 10.9 Å². The molecule has 2 atom stereocenters. The quantitative estimate of drug-likeness (QED) is 0.905. The molecule has 4 heteroatoms. The van der Waals surface area contributed by atoms with Crippen molar-refractivity contribution in [1.29, 1.82) is 0 Å². The Morgan fingerprint density at radius 1 is 1.50 bits per heavy atom. The molecule has 2 unspecified atom stereocenters. The van der Waals surface area contributed by atoms with E-state index in [1.807, 2.05) is 13.0 Å². The van der Waals surface area contributed by atoms with Gasteiger partial charge in [0.05, 0.1) is 10.6 Å². The Hall–Kier alpha value is -0.450. The third-order valence-electron chi connectivity index (χ3n) is 2.67. The zero-order valence-corrected chi connectivity index (χ0v) is 11.1. The Morgan fingerprint density at radius 3 is 2.75 bits per heavy atom. The van der Waals surface area contributed by atoms with Crippen LogP contribution in [0.2, 0.25) is 0 Å². The number of rotatable bonds is 5. The van der Waals surface area contributed by atoms with Crippen molar-refractivity contribution in [1.82, 2.24) is 0 Å². The molecule has 0 aliphatic carbocycles. The van der Waals surface area contributed by atoms with Crippen LogP contribution in [0.4, 0.5) is 4.39 Å². The highest BCUT2D eigenvalue weighted by Crippen LogP contribution is 2.22. The zero-order valence-electron chi connectivity index (χ0n) is 9.54. The molecule has 0 heterocycles. The van der Waals surface area contributed by atoms with E-state index in [4.69, 9.17) is 10.5 Å². The number of benzene rings is 1. The maximum absolute atomic E-state index is 13.3. The molecule has 0 saturated carbocycles. The lowest BCUT2D eigenvalue weighted by atomic mass is 10.0. The van der Waals surface area contributed by atoms with Crippen LogP contribution in [0.5, 0.6) is 0 Å². The summed E-state index contributed by atoms with van der Waals surface area (Å²) in [5.74, 6) is -0.254. The molecule has 0 radical (unpaired) electrons. The van der Waals surface area contributed by atoms with Gasteiger partial charge in [-0.05, 0) is 40.4 Å². The first-order valence-electron chi connectivity index (χ1n) is 5.31. The number of methoxy groups -OCH3 is 1. The molecule has 0 aliphatic heterocycles. The summed E-state index contributed by atoms with van der Waals surface area (Å²) in [6, 6.07) is 4.87. The summed E-state index contributed by atoms with van der Waals surface area (Å²) in [7, 11) is 1.65. The van der Waals surface area contributed by atoms with Crippen LogP contribution in [0.1, 0.15) is 18.9 Å². The maximum atomic E-state index is 13.3. The fraction of sp³-hybridized carbons (Fsp3) is 0.500. The molecule has 0 aliphatic rings. The molecule has 1 rings (SSSR count). The number of nitrogens with two attached hydrogens (primary N) is 1. The van der Waals surface area contributed by atoms with Gasteiger partial charge in [-0.1, -0.05) is 19.1 Å². The fourth-order valence-corrected chi connectivity index (χ4v) is 2.16. The van der Waals surface area contributed by atoms with Crippen molar-refractivity contribution in [2.75, 3.05) is 7.11 Å². The minimum atomic E-state index is -0.254. The molecular weight excluding hydrogens is 273 g/mol.